The van der Waals surface area contributed by atoms with E-state index in [1.54, 1.807) is 0 Å². The van der Waals surface area contributed by atoms with Gasteiger partial charge in [-0.1, -0.05) is 11.6 Å². The van der Waals surface area contributed by atoms with Crippen molar-refractivity contribution in [1.82, 2.24) is 4.98 Å². The first kappa shape index (κ1) is 16.9. The second-order valence-corrected chi connectivity index (χ2v) is 5.35. The van der Waals surface area contributed by atoms with Gasteiger partial charge in [-0.05, 0) is 19.1 Å². The van der Waals surface area contributed by atoms with Gasteiger partial charge in [-0.15, -0.1) is 16.3 Å². The highest BCUT2D eigenvalue weighted by atomic mass is 35.5. The van der Waals surface area contributed by atoms with E-state index in [4.69, 9.17) is 22.4 Å². The molecule has 0 unspecified atom stereocenters. The van der Waals surface area contributed by atoms with E-state index < -0.39 is 11.9 Å². The Morgan fingerprint density at radius 2 is 1.95 bits per heavy atom. The predicted octanol–water partition coefficient (Wildman–Crippen LogP) is 0.558. The molecule has 2 aromatic rings. The molecule has 112 valence electrons. The van der Waals surface area contributed by atoms with Crippen LogP contribution in [0.4, 0.5) is 5.82 Å². The second kappa shape index (κ2) is 7.00. The Labute approximate surface area is 129 Å². The van der Waals surface area contributed by atoms with E-state index in [1.165, 1.54) is 12.1 Å². The van der Waals surface area contributed by atoms with Crippen molar-refractivity contribution in [3.63, 3.8) is 0 Å². The number of carbonyl (C=O) groups is 2. The van der Waals surface area contributed by atoms with E-state index in [1.807, 2.05) is 13.8 Å². The molecule has 4 N–H and O–H groups in total. The number of halogens is 1. The molecule has 21 heavy (non-hydrogen) atoms. The van der Waals surface area contributed by atoms with Crippen LogP contribution in [0, 0.1) is 13.8 Å². The standard InChI is InChI=1S/C6H8ClN3.C6H4O4S/c1-3-5(7)6(8)10-4(2)9-3;7-5(8)3-1-2-4(11-3)6(9)10/h1-2H3,(H2,8,9,10);1-2H,(H,7,8)(H,9,10). The summed E-state index contributed by atoms with van der Waals surface area (Å²) in [5.74, 6) is -1.21. The maximum Gasteiger partial charge on any atom is 0.345 e. The molecule has 0 aliphatic rings. The monoisotopic (exact) mass is 329 g/mol. The first-order valence-corrected chi connectivity index (χ1v) is 6.77. The minimum absolute atomic E-state index is 0.00389. The highest BCUT2D eigenvalue weighted by Crippen LogP contribution is 2.15. The number of nitrogens with zero attached hydrogens (tertiary/aromatic N) is 1. The maximum atomic E-state index is 10.2. The van der Waals surface area contributed by atoms with Crippen LogP contribution >= 0.6 is 22.9 Å². The van der Waals surface area contributed by atoms with Gasteiger partial charge in [-0.3, -0.25) is 0 Å². The fraction of sp³-hybridized carbons (Fsp3) is 0.167. The lowest BCUT2D eigenvalue weighted by molar-refractivity contribution is -0.375. The van der Waals surface area contributed by atoms with E-state index in [0.29, 0.717) is 22.2 Å². The van der Waals surface area contributed by atoms with Gasteiger partial charge >= 0.3 is 5.97 Å². The number of nitrogens with one attached hydrogen (secondary N) is 1. The number of carboxylic acids is 2. The number of H-pyrrole nitrogens is 1. The van der Waals surface area contributed by atoms with Crippen LogP contribution in [0.15, 0.2) is 12.1 Å². The van der Waals surface area contributed by atoms with Crippen LogP contribution in [0.2, 0.25) is 5.02 Å². The highest BCUT2D eigenvalue weighted by molar-refractivity contribution is 7.15. The number of carbonyl (C=O) groups excluding carboxylic acids is 1. The number of anilines is 1. The Balaban J connectivity index is 0.000000211. The Bertz CT molecular complexity index is 635. The normalized spacial score (nSPS) is 9.67. The molecule has 0 saturated carbocycles. The van der Waals surface area contributed by atoms with Gasteiger partial charge in [-0.2, -0.15) is 0 Å². The Hall–Kier alpha value is -2.19. The van der Waals surface area contributed by atoms with Crippen LogP contribution in [0.25, 0.3) is 0 Å². The summed E-state index contributed by atoms with van der Waals surface area (Å²) in [4.78, 5) is 27.2. The van der Waals surface area contributed by atoms with Gasteiger partial charge in [0.15, 0.2) is 5.02 Å². The van der Waals surface area contributed by atoms with Gasteiger partial charge in [-0.25, -0.2) is 9.78 Å². The highest BCUT2D eigenvalue weighted by Gasteiger charge is 2.08. The largest absolute Gasteiger partial charge is 0.544 e. The van der Waals surface area contributed by atoms with Gasteiger partial charge in [0, 0.05) is 6.92 Å². The van der Waals surface area contributed by atoms with Crippen molar-refractivity contribution in [2.75, 3.05) is 5.73 Å². The summed E-state index contributed by atoms with van der Waals surface area (Å²) in [5.41, 5.74) is 6.25. The minimum Gasteiger partial charge on any atom is -0.544 e. The summed E-state index contributed by atoms with van der Waals surface area (Å²) in [7, 11) is 0. The zero-order valence-corrected chi connectivity index (χ0v) is 12.7. The predicted molar refractivity (Wildman–Crippen MR) is 75.3 cm³/mol. The quantitative estimate of drug-likeness (QED) is 0.827. The molecular formula is C12H12ClN3O4S. The van der Waals surface area contributed by atoms with Crippen molar-refractivity contribution in [3.05, 3.63) is 38.4 Å². The van der Waals surface area contributed by atoms with E-state index in [0.717, 1.165) is 11.5 Å². The number of hydrogen-bond acceptors (Lipinski definition) is 6. The van der Waals surface area contributed by atoms with Gasteiger partial charge in [0.2, 0.25) is 11.6 Å². The number of aromatic nitrogens is 2. The smallest absolute Gasteiger partial charge is 0.345 e. The molecule has 2 heterocycles. The number of thiophene rings is 1. The summed E-state index contributed by atoms with van der Waals surface area (Å²) >= 11 is 6.42. The SMILES string of the molecule is Cc1nc(C)c(Cl)c(N)[nH+]1.O=C([O-])c1ccc(C(=O)O)s1. The molecule has 0 aliphatic heterocycles. The summed E-state index contributed by atoms with van der Waals surface area (Å²) in [6.07, 6.45) is 0. The number of carboxylic acid groups (broad SMARTS) is 2. The van der Waals surface area contributed by atoms with Crippen LogP contribution in [-0.4, -0.2) is 22.0 Å². The van der Waals surface area contributed by atoms with Crippen molar-refractivity contribution in [3.8, 4) is 0 Å². The average Bonchev–Trinajstić information content (AvgIpc) is 2.86. The molecule has 0 atom stereocenters. The molecule has 0 fully saturated rings. The number of rotatable bonds is 2. The number of nitrogens with two attached hydrogens (primary N) is 1. The lowest BCUT2D eigenvalue weighted by Gasteiger charge is -1.94. The van der Waals surface area contributed by atoms with Crippen LogP contribution in [0.5, 0.6) is 0 Å². The molecular weight excluding hydrogens is 318 g/mol. The molecule has 0 radical (unpaired) electrons. The zero-order valence-electron chi connectivity index (χ0n) is 11.1. The molecule has 7 nitrogen and oxygen atoms in total. The van der Waals surface area contributed by atoms with Gasteiger partial charge in [0.05, 0.1) is 10.8 Å². The third kappa shape index (κ3) is 4.69. The fourth-order valence-corrected chi connectivity index (χ4v) is 2.11. The summed E-state index contributed by atoms with van der Waals surface area (Å²) in [6.45, 7) is 3.65. The van der Waals surface area contributed by atoms with Crippen molar-refractivity contribution in [2.24, 2.45) is 0 Å². The molecule has 2 rings (SSSR count). The number of aryl methyl sites for hydroxylation is 2. The lowest BCUT2D eigenvalue weighted by Crippen LogP contribution is -2.20. The first-order valence-electron chi connectivity index (χ1n) is 5.58. The molecule has 0 spiro atoms. The van der Waals surface area contributed by atoms with Gasteiger partial charge < -0.3 is 20.7 Å². The fourth-order valence-electron chi connectivity index (χ4n) is 1.34. The Morgan fingerprint density at radius 3 is 2.33 bits per heavy atom. The first-order chi connectivity index (χ1) is 9.72. The second-order valence-electron chi connectivity index (χ2n) is 3.89. The molecule has 0 aromatic carbocycles. The van der Waals surface area contributed by atoms with Gasteiger partial charge in [0.25, 0.3) is 0 Å². The summed E-state index contributed by atoms with van der Waals surface area (Å²) in [6, 6.07) is 2.45. The number of aromatic carboxylic acids is 2. The Morgan fingerprint density at radius 1 is 1.38 bits per heavy atom. The maximum absolute atomic E-state index is 10.2. The topological polar surface area (TPSA) is 130 Å². The van der Waals surface area contributed by atoms with Crippen molar-refractivity contribution in [2.45, 2.75) is 13.8 Å². The number of hydrogen-bond donors (Lipinski definition) is 2. The van der Waals surface area contributed by atoms with Crippen LogP contribution in [-0.2, 0) is 0 Å². The van der Waals surface area contributed by atoms with Crippen molar-refractivity contribution in [1.29, 1.82) is 0 Å². The molecule has 0 amide bonds. The number of nitrogen functional groups attached to an aromatic ring is 1. The summed E-state index contributed by atoms with van der Waals surface area (Å²) < 4.78 is 0. The van der Waals surface area contributed by atoms with Crippen LogP contribution in [0.3, 0.4) is 0 Å². The van der Waals surface area contributed by atoms with Crippen molar-refractivity contribution < 1.29 is 24.8 Å². The van der Waals surface area contributed by atoms with Crippen molar-refractivity contribution >= 4 is 40.7 Å². The Kier molecular flexibility index (Phi) is 5.62. The molecule has 0 saturated heterocycles. The van der Waals surface area contributed by atoms with E-state index in [9.17, 15) is 14.7 Å². The van der Waals surface area contributed by atoms with Crippen LogP contribution in [0.1, 0.15) is 30.9 Å². The van der Waals surface area contributed by atoms with E-state index in [2.05, 4.69) is 9.97 Å². The average molecular weight is 330 g/mol. The third-order valence-electron chi connectivity index (χ3n) is 2.22. The number of aromatic amines is 1. The molecule has 9 heteroatoms. The molecule has 2 aromatic heterocycles. The third-order valence-corrected chi connectivity index (χ3v) is 3.75. The van der Waals surface area contributed by atoms with Gasteiger partial charge in [0.1, 0.15) is 10.6 Å². The zero-order chi connectivity index (χ0) is 16.2. The molecule has 0 bridgehead atoms. The summed E-state index contributed by atoms with van der Waals surface area (Å²) in [5, 5.41) is 19.0. The van der Waals surface area contributed by atoms with Crippen LogP contribution < -0.4 is 15.8 Å². The van der Waals surface area contributed by atoms with E-state index >= 15 is 0 Å². The molecule has 0 aliphatic carbocycles. The van der Waals surface area contributed by atoms with E-state index in [-0.39, 0.29) is 9.75 Å². The minimum atomic E-state index is -1.34. The lowest BCUT2D eigenvalue weighted by atomic mass is 10.4.